The molecule has 55 heavy (non-hydrogen) atoms. The Bertz CT molecular complexity index is 2180. The lowest BCUT2D eigenvalue weighted by atomic mass is 10.0. The summed E-state index contributed by atoms with van der Waals surface area (Å²) in [5.41, 5.74) is 1.63. The standard InChI is InChI=1S/C39H41N9O7/c1-21(2)15-27-34(50)42-22(3)37-47-30(20-54-37)39(53)48-18-24(43-33(49)26-12-8-7-11-25(26)32-40-13-14-41-32)17-31(48)36(52)45-28(16-23-9-5-4-6-10-23)38-46-29(19-55-38)35(51)44-27/h4-14,19-22,24,27-28,31H,15-18H2,1-3H3,(H,40,41)(H,42,50)(H,43,49)(H,44,51)(H,45,52)/t22-,24+,27-,28+,31+/m1/s1. The fourth-order valence-corrected chi connectivity index (χ4v) is 6.89. The summed E-state index contributed by atoms with van der Waals surface area (Å²) < 4.78 is 11.5. The highest BCUT2D eigenvalue weighted by Gasteiger charge is 2.43. The molecule has 0 saturated carbocycles. The maximum Gasteiger partial charge on any atom is 0.276 e. The maximum atomic E-state index is 14.4. The van der Waals surface area contributed by atoms with Crippen molar-refractivity contribution >= 4 is 29.5 Å². The molecule has 2 aliphatic rings. The number of hydrogen-bond acceptors (Lipinski definition) is 10. The van der Waals surface area contributed by atoms with Gasteiger partial charge >= 0.3 is 0 Å². The van der Waals surface area contributed by atoms with E-state index in [1.165, 1.54) is 17.4 Å². The van der Waals surface area contributed by atoms with Crippen molar-refractivity contribution in [3.05, 3.63) is 114 Å². The number of imidazole rings is 1. The molecule has 1 saturated heterocycles. The fourth-order valence-electron chi connectivity index (χ4n) is 6.89. The largest absolute Gasteiger partial charge is 0.446 e. The Hall–Kier alpha value is -6.58. The summed E-state index contributed by atoms with van der Waals surface area (Å²) in [6.45, 7) is 5.46. The topological polar surface area (TPSA) is 217 Å². The van der Waals surface area contributed by atoms with Gasteiger partial charge in [-0.1, -0.05) is 62.4 Å². The van der Waals surface area contributed by atoms with Crippen LogP contribution in [-0.2, 0) is 16.0 Å². The smallest absolute Gasteiger partial charge is 0.276 e. The molecule has 0 spiro atoms. The van der Waals surface area contributed by atoms with Gasteiger partial charge in [-0.3, -0.25) is 24.0 Å². The van der Waals surface area contributed by atoms with Gasteiger partial charge in [-0.05, 0) is 37.3 Å². The van der Waals surface area contributed by atoms with Crippen molar-refractivity contribution in [1.29, 1.82) is 0 Å². The van der Waals surface area contributed by atoms with Crippen molar-refractivity contribution in [2.24, 2.45) is 5.92 Å². The quantitative estimate of drug-likeness (QED) is 0.163. The van der Waals surface area contributed by atoms with Crippen LogP contribution in [0.2, 0.25) is 0 Å². The first-order valence-electron chi connectivity index (χ1n) is 18.1. The lowest BCUT2D eigenvalue weighted by molar-refractivity contribution is -0.126. The Morgan fingerprint density at radius 3 is 2.38 bits per heavy atom. The highest BCUT2D eigenvalue weighted by atomic mass is 16.3. The number of fused-ring (bicyclic) bond motifs is 5. The van der Waals surface area contributed by atoms with Gasteiger partial charge in [-0.25, -0.2) is 15.0 Å². The molecule has 16 nitrogen and oxygen atoms in total. The van der Waals surface area contributed by atoms with E-state index in [0.717, 1.165) is 5.56 Å². The molecule has 5 aromatic rings. The number of H-pyrrole nitrogens is 1. The van der Waals surface area contributed by atoms with E-state index in [4.69, 9.17) is 8.83 Å². The molecule has 1 fully saturated rings. The molecule has 16 heteroatoms. The second kappa shape index (κ2) is 15.8. The number of aromatic amines is 1. The highest BCUT2D eigenvalue weighted by molar-refractivity contribution is 6.01. The summed E-state index contributed by atoms with van der Waals surface area (Å²) in [4.78, 5) is 86.8. The molecule has 284 valence electrons. The minimum absolute atomic E-state index is 0.0242. The molecule has 5 heterocycles. The third-order valence-electron chi connectivity index (χ3n) is 9.58. The minimum atomic E-state index is -1.07. The van der Waals surface area contributed by atoms with Crippen LogP contribution in [0.3, 0.4) is 0 Å². The summed E-state index contributed by atoms with van der Waals surface area (Å²) in [7, 11) is 0. The Kier molecular flexibility index (Phi) is 10.6. The van der Waals surface area contributed by atoms with Gasteiger partial charge in [0.2, 0.25) is 23.6 Å². The van der Waals surface area contributed by atoms with E-state index in [-0.39, 0.29) is 48.5 Å². The van der Waals surface area contributed by atoms with Crippen LogP contribution >= 0.6 is 0 Å². The Labute approximate surface area is 315 Å². The Morgan fingerprint density at radius 1 is 0.891 bits per heavy atom. The molecule has 2 aliphatic heterocycles. The molecule has 5 atom stereocenters. The van der Waals surface area contributed by atoms with Gasteiger partial charge in [0.1, 0.15) is 42.5 Å². The lowest BCUT2D eigenvalue weighted by Gasteiger charge is -2.25. The average molecular weight is 748 g/mol. The molecule has 5 amide bonds. The van der Waals surface area contributed by atoms with Crippen molar-refractivity contribution in [3.8, 4) is 11.4 Å². The number of aromatic nitrogens is 4. The van der Waals surface area contributed by atoms with Crippen LogP contribution in [0.15, 0.2) is 88.4 Å². The molecule has 0 radical (unpaired) electrons. The number of oxazole rings is 2. The van der Waals surface area contributed by atoms with Gasteiger partial charge < -0.3 is 40.0 Å². The lowest BCUT2D eigenvalue weighted by Crippen LogP contribution is -2.48. The maximum absolute atomic E-state index is 14.4. The third kappa shape index (κ3) is 8.17. The van der Waals surface area contributed by atoms with Crippen LogP contribution in [0.4, 0.5) is 0 Å². The monoisotopic (exact) mass is 747 g/mol. The Balaban J connectivity index is 1.23. The number of hydrogen-bond donors (Lipinski definition) is 5. The zero-order valence-corrected chi connectivity index (χ0v) is 30.4. The summed E-state index contributed by atoms with van der Waals surface area (Å²) in [5, 5.41) is 11.6. The number of rotatable bonds is 7. The SMILES string of the molecule is CC(C)C[C@H]1NC(=O)c2coc(n2)[C@H](Cc2ccccc2)NC(=O)[C@@H]2C[C@H](NC(=O)c3ccccc3-c3ncc[nH]3)CN2C(=O)c2coc(n2)[C@@H](C)NC1=O. The number of carbonyl (C=O) groups is 5. The summed E-state index contributed by atoms with van der Waals surface area (Å²) in [5.74, 6) is -2.00. The molecule has 3 aromatic heterocycles. The molecule has 5 N–H and O–H groups in total. The van der Waals surface area contributed by atoms with E-state index in [0.29, 0.717) is 23.4 Å². The minimum Gasteiger partial charge on any atom is -0.446 e. The van der Waals surface area contributed by atoms with E-state index in [1.807, 2.05) is 44.2 Å². The second-order valence-corrected chi connectivity index (χ2v) is 14.1. The van der Waals surface area contributed by atoms with Gasteiger partial charge in [0.05, 0.1) is 5.56 Å². The van der Waals surface area contributed by atoms with Crippen LogP contribution in [0.1, 0.15) is 94.4 Å². The fraction of sp³-hybridized carbons (Fsp3) is 0.333. The van der Waals surface area contributed by atoms with E-state index in [2.05, 4.69) is 41.2 Å². The molecule has 0 aliphatic carbocycles. The number of nitrogens with one attached hydrogen (secondary N) is 5. The van der Waals surface area contributed by atoms with Gasteiger partial charge in [-0.2, -0.15) is 0 Å². The predicted octanol–water partition coefficient (Wildman–Crippen LogP) is 3.50. The van der Waals surface area contributed by atoms with Gasteiger partial charge in [-0.15, -0.1) is 0 Å². The predicted molar refractivity (Wildman–Crippen MR) is 196 cm³/mol. The third-order valence-corrected chi connectivity index (χ3v) is 9.58. The molecule has 0 unspecified atom stereocenters. The normalized spacial score (nSPS) is 22.0. The molecule has 4 bridgehead atoms. The number of benzene rings is 2. The first kappa shape index (κ1) is 36.8. The first-order valence-corrected chi connectivity index (χ1v) is 18.1. The first-order chi connectivity index (χ1) is 26.5. The number of nitrogens with zero attached hydrogens (tertiary/aromatic N) is 4. The van der Waals surface area contributed by atoms with Gasteiger partial charge in [0.15, 0.2) is 11.4 Å². The van der Waals surface area contributed by atoms with Crippen LogP contribution in [0.5, 0.6) is 0 Å². The van der Waals surface area contributed by atoms with Crippen molar-refractivity contribution in [2.75, 3.05) is 6.54 Å². The second-order valence-electron chi connectivity index (χ2n) is 14.1. The van der Waals surface area contributed by atoms with E-state index in [9.17, 15) is 24.0 Å². The molecular weight excluding hydrogens is 706 g/mol. The van der Waals surface area contributed by atoms with Crippen LogP contribution in [0.25, 0.3) is 11.4 Å². The van der Waals surface area contributed by atoms with Crippen LogP contribution in [0, 0.1) is 5.92 Å². The summed E-state index contributed by atoms with van der Waals surface area (Å²) in [6.07, 6.45) is 6.23. The molecule has 2 aromatic carbocycles. The average Bonchev–Trinajstić information content (AvgIpc) is 4.01. The van der Waals surface area contributed by atoms with Crippen molar-refractivity contribution < 1.29 is 32.8 Å². The summed E-state index contributed by atoms with van der Waals surface area (Å²) in [6, 6.07) is 12.0. The molecule has 7 rings (SSSR count). The van der Waals surface area contributed by atoms with E-state index in [1.54, 1.807) is 43.6 Å². The molecular formula is C39H41N9O7. The zero-order chi connectivity index (χ0) is 38.6. The van der Waals surface area contributed by atoms with E-state index < -0.39 is 59.7 Å². The van der Waals surface area contributed by atoms with Gasteiger partial charge in [0.25, 0.3) is 17.7 Å². The Morgan fingerprint density at radius 2 is 1.62 bits per heavy atom. The highest BCUT2D eigenvalue weighted by Crippen LogP contribution is 2.27. The van der Waals surface area contributed by atoms with Gasteiger partial charge in [0, 0.05) is 37.0 Å². The summed E-state index contributed by atoms with van der Waals surface area (Å²) >= 11 is 0. The van der Waals surface area contributed by atoms with Crippen molar-refractivity contribution in [3.63, 3.8) is 0 Å². The number of amides is 5. The van der Waals surface area contributed by atoms with Crippen LogP contribution in [-0.4, -0.2) is 79.0 Å². The van der Waals surface area contributed by atoms with Crippen molar-refractivity contribution in [1.82, 2.24) is 46.1 Å². The zero-order valence-electron chi connectivity index (χ0n) is 30.4. The van der Waals surface area contributed by atoms with E-state index >= 15 is 0 Å². The van der Waals surface area contributed by atoms with Crippen LogP contribution < -0.4 is 21.3 Å². The number of carbonyl (C=O) groups excluding carboxylic acids is 5. The van der Waals surface area contributed by atoms with Crippen molar-refractivity contribution in [2.45, 2.75) is 70.2 Å².